The summed E-state index contributed by atoms with van der Waals surface area (Å²) < 4.78 is 0. The highest BCUT2D eigenvalue weighted by Gasteiger charge is 2.20. The predicted molar refractivity (Wildman–Crippen MR) is 81.3 cm³/mol. The molecule has 6 heteroatoms. The van der Waals surface area contributed by atoms with Crippen molar-refractivity contribution in [1.82, 2.24) is 15.5 Å². The van der Waals surface area contributed by atoms with Crippen LogP contribution in [0.5, 0.6) is 0 Å². The van der Waals surface area contributed by atoms with Crippen LogP contribution in [0.4, 0.5) is 0 Å². The van der Waals surface area contributed by atoms with E-state index in [1.54, 1.807) is 0 Å². The van der Waals surface area contributed by atoms with Crippen LogP contribution < -0.4 is 10.6 Å². The highest BCUT2D eigenvalue weighted by atomic mass is 35.5. The SMILES string of the molecule is CN1CCC(NC2CCNCC2)CC1.Cl.Cl.Cl. The van der Waals surface area contributed by atoms with Gasteiger partial charge in [-0.2, -0.15) is 0 Å². The predicted octanol–water partition coefficient (Wildman–Crippen LogP) is 1.69. The first-order valence-corrected chi connectivity index (χ1v) is 6.00. The molecule has 0 aliphatic carbocycles. The Hall–Kier alpha value is 0.750. The van der Waals surface area contributed by atoms with Crippen molar-refractivity contribution in [2.45, 2.75) is 37.8 Å². The lowest BCUT2D eigenvalue weighted by Crippen LogP contribution is -2.48. The lowest BCUT2D eigenvalue weighted by Gasteiger charge is -2.34. The molecule has 0 amide bonds. The molecular formula is C11H26Cl3N3. The number of rotatable bonds is 2. The van der Waals surface area contributed by atoms with E-state index in [1.807, 2.05) is 0 Å². The minimum absolute atomic E-state index is 0. The number of likely N-dealkylation sites (tertiary alicyclic amines) is 1. The third-order valence-corrected chi connectivity index (χ3v) is 3.53. The maximum absolute atomic E-state index is 3.81. The van der Waals surface area contributed by atoms with Crippen molar-refractivity contribution < 1.29 is 0 Å². The Labute approximate surface area is 124 Å². The number of hydrogen-bond acceptors (Lipinski definition) is 3. The number of nitrogens with one attached hydrogen (secondary N) is 2. The molecule has 17 heavy (non-hydrogen) atoms. The van der Waals surface area contributed by atoms with E-state index in [-0.39, 0.29) is 37.2 Å². The minimum atomic E-state index is 0. The number of nitrogens with zero attached hydrogens (tertiary/aromatic N) is 1. The van der Waals surface area contributed by atoms with Crippen molar-refractivity contribution in [2.24, 2.45) is 0 Å². The summed E-state index contributed by atoms with van der Waals surface area (Å²) in [4.78, 5) is 2.43. The number of hydrogen-bond donors (Lipinski definition) is 2. The van der Waals surface area contributed by atoms with Gasteiger partial charge in [-0.1, -0.05) is 0 Å². The van der Waals surface area contributed by atoms with Gasteiger partial charge in [0, 0.05) is 12.1 Å². The van der Waals surface area contributed by atoms with E-state index in [2.05, 4.69) is 22.6 Å². The summed E-state index contributed by atoms with van der Waals surface area (Å²) in [5.41, 5.74) is 0. The second-order valence-corrected chi connectivity index (χ2v) is 4.77. The van der Waals surface area contributed by atoms with Crippen LogP contribution >= 0.6 is 37.2 Å². The first-order valence-electron chi connectivity index (χ1n) is 6.00. The van der Waals surface area contributed by atoms with Gasteiger partial charge >= 0.3 is 0 Å². The summed E-state index contributed by atoms with van der Waals surface area (Å²) in [6.45, 7) is 4.93. The lowest BCUT2D eigenvalue weighted by atomic mass is 10.0. The minimum Gasteiger partial charge on any atom is -0.317 e. The Bertz CT molecular complexity index is 169. The molecule has 0 spiro atoms. The number of halogens is 3. The molecule has 3 nitrogen and oxygen atoms in total. The Morgan fingerprint density at radius 1 is 0.882 bits per heavy atom. The molecule has 0 unspecified atom stereocenters. The molecule has 2 heterocycles. The van der Waals surface area contributed by atoms with E-state index in [1.165, 1.54) is 51.9 Å². The van der Waals surface area contributed by atoms with Gasteiger partial charge in [-0.25, -0.2) is 0 Å². The maximum Gasteiger partial charge on any atom is 0.00940 e. The summed E-state index contributed by atoms with van der Waals surface area (Å²) in [6.07, 6.45) is 5.29. The van der Waals surface area contributed by atoms with Gasteiger partial charge in [-0.15, -0.1) is 37.2 Å². The van der Waals surface area contributed by atoms with Crippen molar-refractivity contribution in [3.05, 3.63) is 0 Å². The lowest BCUT2D eigenvalue weighted by molar-refractivity contribution is 0.215. The highest BCUT2D eigenvalue weighted by Crippen LogP contribution is 2.11. The van der Waals surface area contributed by atoms with E-state index in [0.717, 1.165) is 12.1 Å². The van der Waals surface area contributed by atoms with E-state index >= 15 is 0 Å². The molecule has 0 bridgehead atoms. The van der Waals surface area contributed by atoms with Gasteiger partial charge in [0.25, 0.3) is 0 Å². The molecule has 0 aromatic rings. The molecule has 2 aliphatic heterocycles. The molecule has 106 valence electrons. The molecule has 2 fully saturated rings. The molecular weight excluding hydrogens is 281 g/mol. The molecule has 2 aliphatic rings. The largest absolute Gasteiger partial charge is 0.317 e. The zero-order chi connectivity index (χ0) is 9.80. The van der Waals surface area contributed by atoms with Crippen molar-refractivity contribution in [1.29, 1.82) is 0 Å². The van der Waals surface area contributed by atoms with E-state index in [0.29, 0.717) is 0 Å². The molecule has 0 radical (unpaired) electrons. The third-order valence-electron chi connectivity index (χ3n) is 3.53. The van der Waals surface area contributed by atoms with Crippen LogP contribution in [-0.2, 0) is 0 Å². The van der Waals surface area contributed by atoms with Gasteiger partial charge in [0.2, 0.25) is 0 Å². The Kier molecular flexibility index (Phi) is 12.6. The third kappa shape index (κ3) is 7.04. The first kappa shape index (κ1) is 20.1. The zero-order valence-corrected chi connectivity index (χ0v) is 12.9. The molecule has 2 saturated heterocycles. The topological polar surface area (TPSA) is 27.3 Å². The summed E-state index contributed by atoms with van der Waals surface area (Å²) in [7, 11) is 2.22. The van der Waals surface area contributed by atoms with Crippen molar-refractivity contribution in [3.63, 3.8) is 0 Å². The van der Waals surface area contributed by atoms with Crippen LogP contribution in [0.2, 0.25) is 0 Å². The summed E-state index contributed by atoms with van der Waals surface area (Å²) >= 11 is 0. The molecule has 2 N–H and O–H groups in total. The number of piperidine rings is 2. The Balaban J connectivity index is 0. The van der Waals surface area contributed by atoms with Crippen LogP contribution in [0.1, 0.15) is 25.7 Å². The molecule has 0 aromatic heterocycles. The smallest absolute Gasteiger partial charge is 0.00940 e. The van der Waals surface area contributed by atoms with Crippen molar-refractivity contribution in [2.75, 3.05) is 33.2 Å². The fourth-order valence-corrected chi connectivity index (χ4v) is 2.50. The average Bonchev–Trinajstić information content (AvgIpc) is 2.23. The molecule has 2 rings (SSSR count). The van der Waals surface area contributed by atoms with Gasteiger partial charge in [-0.3, -0.25) is 0 Å². The van der Waals surface area contributed by atoms with Gasteiger partial charge in [0.05, 0.1) is 0 Å². The second kappa shape index (κ2) is 10.7. The average molecular weight is 307 g/mol. The summed E-state index contributed by atoms with van der Waals surface area (Å²) in [6, 6.07) is 1.57. The monoisotopic (exact) mass is 305 g/mol. The summed E-state index contributed by atoms with van der Waals surface area (Å²) in [5.74, 6) is 0. The van der Waals surface area contributed by atoms with Crippen LogP contribution in [0.15, 0.2) is 0 Å². The van der Waals surface area contributed by atoms with Crippen molar-refractivity contribution in [3.8, 4) is 0 Å². The van der Waals surface area contributed by atoms with Crippen LogP contribution in [0.3, 0.4) is 0 Å². The second-order valence-electron chi connectivity index (χ2n) is 4.77. The first-order chi connectivity index (χ1) is 6.84. The standard InChI is InChI=1S/C11H23N3.3ClH/c1-14-8-4-11(5-9-14)13-10-2-6-12-7-3-10;;;/h10-13H,2-9H2,1H3;3*1H. The van der Waals surface area contributed by atoms with Gasteiger partial charge in [-0.05, 0) is 58.9 Å². The molecule has 0 atom stereocenters. The summed E-state index contributed by atoms with van der Waals surface area (Å²) in [5, 5.41) is 7.22. The van der Waals surface area contributed by atoms with Crippen LogP contribution in [0, 0.1) is 0 Å². The van der Waals surface area contributed by atoms with Crippen LogP contribution in [0.25, 0.3) is 0 Å². The van der Waals surface area contributed by atoms with Gasteiger partial charge < -0.3 is 15.5 Å². The fraction of sp³-hybridized carbons (Fsp3) is 1.00. The van der Waals surface area contributed by atoms with Crippen molar-refractivity contribution >= 4 is 37.2 Å². The van der Waals surface area contributed by atoms with Crippen LogP contribution in [-0.4, -0.2) is 50.2 Å². The molecule has 0 aromatic carbocycles. The van der Waals surface area contributed by atoms with E-state index in [4.69, 9.17) is 0 Å². The zero-order valence-electron chi connectivity index (χ0n) is 10.5. The fourth-order valence-electron chi connectivity index (χ4n) is 2.50. The maximum atomic E-state index is 3.81. The highest BCUT2D eigenvalue weighted by molar-refractivity contribution is 5.86. The molecule has 0 saturated carbocycles. The Morgan fingerprint density at radius 3 is 1.88 bits per heavy atom. The van der Waals surface area contributed by atoms with Gasteiger partial charge in [0.15, 0.2) is 0 Å². The normalized spacial score (nSPS) is 23.1. The Morgan fingerprint density at radius 2 is 1.35 bits per heavy atom. The van der Waals surface area contributed by atoms with E-state index < -0.39 is 0 Å². The quantitative estimate of drug-likeness (QED) is 0.813. The van der Waals surface area contributed by atoms with E-state index in [9.17, 15) is 0 Å². The van der Waals surface area contributed by atoms with Gasteiger partial charge in [0.1, 0.15) is 0 Å².